The summed E-state index contributed by atoms with van der Waals surface area (Å²) in [7, 11) is 0. The van der Waals surface area contributed by atoms with Gasteiger partial charge in [-0.15, -0.1) is 0 Å². The molecule has 0 heterocycles. The smallest absolute Gasteiger partial charge is 0.210 e. The average Bonchev–Trinajstić information content (AvgIpc) is 2.75. The summed E-state index contributed by atoms with van der Waals surface area (Å²) in [6.45, 7) is 0.673. The third-order valence-electron chi connectivity index (χ3n) is 4.48. The topological polar surface area (TPSA) is 46.3 Å². The van der Waals surface area contributed by atoms with Crippen molar-refractivity contribution >= 4 is 12.1 Å². The number of nitrogens with two attached hydrogens (primary N) is 1. The van der Waals surface area contributed by atoms with E-state index in [0.29, 0.717) is 6.54 Å². The van der Waals surface area contributed by atoms with Crippen molar-refractivity contribution in [2.45, 2.75) is 38.3 Å². The van der Waals surface area contributed by atoms with Crippen molar-refractivity contribution in [2.24, 2.45) is 0 Å². The molecule has 0 spiro atoms. The highest BCUT2D eigenvalue weighted by molar-refractivity contribution is 5.50. The van der Waals surface area contributed by atoms with E-state index < -0.39 is 0 Å². The molecule has 1 amide bonds. The van der Waals surface area contributed by atoms with Gasteiger partial charge < -0.3 is 10.6 Å². The second kappa shape index (κ2) is 6.65. The maximum atomic E-state index is 11.6. The van der Waals surface area contributed by atoms with Crippen molar-refractivity contribution in [3.8, 4) is 0 Å². The van der Waals surface area contributed by atoms with Crippen molar-refractivity contribution in [3.63, 3.8) is 0 Å². The Morgan fingerprint density at radius 3 is 2.73 bits per heavy atom. The Bertz CT molecular complexity index is 639. The van der Waals surface area contributed by atoms with Crippen LogP contribution in [0.5, 0.6) is 0 Å². The lowest BCUT2D eigenvalue weighted by molar-refractivity contribution is -0.121. The van der Waals surface area contributed by atoms with Crippen LogP contribution in [0.25, 0.3) is 0 Å². The van der Waals surface area contributed by atoms with Gasteiger partial charge in [-0.1, -0.05) is 36.4 Å². The third kappa shape index (κ3) is 3.30. The van der Waals surface area contributed by atoms with Gasteiger partial charge in [-0.3, -0.25) is 4.79 Å². The zero-order chi connectivity index (χ0) is 15.4. The Morgan fingerprint density at radius 1 is 1.14 bits per heavy atom. The first kappa shape index (κ1) is 14.6. The van der Waals surface area contributed by atoms with Gasteiger partial charge in [0.1, 0.15) is 0 Å². The molecule has 0 aliphatic heterocycles. The molecule has 3 nitrogen and oxygen atoms in total. The Hall–Kier alpha value is -2.29. The van der Waals surface area contributed by atoms with Crippen LogP contribution in [0.1, 0.15) is 29.5 Å². The van der Waals surface area contributed by atoms with Gasteiger partial charge in [0.25, 0.3) is 0 Å². The molecular weight excluding hydrogens is 272 g/mol. The fourth-order valence-electron chi connectivity index (χ4n) is 3.29. The lowest BCUT2D eigenvalue weighted by Crippen LogP contribution is -2.35. The van der Waals surface area contributed by atoms with Crippen LogP contribution in [0.3, 0.4) is 0 Å². The molecule has 22 heavy (non-hydrogen) atoms. The normalized spacial score (nSPS) is 17.4. The molecule has 2 aromatic rings. The molecule has 0 saturated carbocycles. The van der Waals surface area contributed by atoms with Gasteiger partial charge in [0, 0.05) is 18.3 Å². The highest BCUT2D eigenvalue weighted by atomic mass is 16.1. The highest BCUT2D eigenvalue weighted by Gasteiger charge is 2.22. The summed E-state index contributed by atoms with van der Waals surface area (Å²) in [6, 6.07) is 16.6. The molecule has 1 aliphatic rings. The first-order valence-corrected chi connectivity index (χ1v) is 7.88. The van der Waals surface area contributed by atoms with Crippen molar-refractivity contribution in [1.29, 1.82) is 0 Å². The largest absolute Gasteiger partial charge is 0.399 e. The average molecular weight is 294 g/mol. The van der Waals surface area contributed by atoms with Crippen LogP contribution in [0.4, 0.5) is 5.69 Å². The summed E-state index contributed by atoms with van der Waals surface area (Å²) < 4.78 is 0. The van der Waals surface area contributed by atoms with E-state index in [-0.39, 0.29) is 6.04 Å². The molecule has 3 rings (SSSR count). The number of anilines is 1. The maximum absolute atomic E-state index is 11.6. The van der Waals surface area contributed by atoms with Crippen molar-refractivity contribution in [3.05, 3.63) is 65.2 Å². The molecule has 1 aliphatic carbocycles. The summed E-state index contributed by atoms with van der Waals surface area (Å²) in [4.78, 5) is 13.5. The monoisotopic (exact) mass is 294 g/mol. The van der Waals surface area contributed by atoms with Crippen LogP contribution >= 0.6 is 0 Å². The number of benzene rings is 2. The molecule has 0 aromatic heterocycles. The first-order chi connectivity index (χ1) is 10.8. The summed E-state index contributed by atoms with van der Waals surface area (Å²) in [6.07, 6.45) is 5.12. The Balaban J connectivity index is 1.79. The van der Waals surface area contributed by atoms with E-state index in [1.807, 2.05) is 29.2 Å². The zero-order valence-electron chi connectivity index (χ0n) is 12.7. The van der Waals surface area contributed by atoms with E-state index in [1.54, 1.807) is 0 Å². The summed E-state index contributed by atoms with van der Waals surface area (Å²) in [5.41, 5.74) is 10.6. The number of carbonyl (C=O) groups is 1. The van der Waals surface area contributed by atoms with Gasteiger partial charge in [0.05, 0.1) is 0 Å². The minimum Gasteiger partial charge on any atom is -0.399 e. The molecule has 0 radical (unpaired) electrons. The minimum absolute atomic E-state index is 0.251. The molecule has 2 N–H and O–H groups in total. The second-order valence-corrected chi connectivity index (χ2v) is 6.04. The fourth-order valence-corrected chi connectivity index (χ4v) is 3.29. The number of hydrogen-bond acceptors (Lipinski definition) is 2. The first-order valence-electron chi connectivity index (χ1n) is 7.88. The van der Waals surface area contributed by atoms with Gasteiger partial charge in [0.15, 0.2) is 0 Å². The van der Waals surface area contributed by atoms with Gasteiger partial charge in [-0.25, -0.2) is 0 Å². The third-order valence-corrected chi connectivity index (χ3v) is 4.48. The molecule has 0 bridgehead atoms. The predicted octanol–water partition coefficient (Wildman–Crippen LogP) is 3.17. The zero-order valence-corrected chi connectivity index (χ0v) is 12.7. The maximum Gasteiger partial charge on any atom is 0.210 e. The number of amides is 1. The van der Waals surface area contributed by atoms with E-state index >= 15 is 0 Å². The van der Waals surface area contributed by atoms with Crippen molar-refractivity contribution in [2.75, 3.05) is 5.73 Å². The van der Waals surface area contributed by atoms with Gasteiger partial charge in [-0.2, -0.15) is 0 Å². The molecule has 3 heteroatoms. The van der Waals surface area contributed by atoms with Gasteiger partial charge >= 0.3 is 0 Å². The molecule has 0 saturated heterocycles. The lowest BCUT2D eigenvalue weighted by Gasteiger charge is -2.28. The van der Waals surface area contributed by atoms with Gasteiger partial charge in [-0.05, 0) is 54.5 Å². The number of rotatable bonds is 4. The minimum atomic E-state index is 0.251. The van der Waals surface area contributed by atoms with Crippen LogP contribution < -0.4 is 5.73 Å². The van der Waals surface area contributed by atoms with Crippen molar-refractivity contribution < 1.29 is 4.79 Å². The standard InChI is InChI=1S/C19H22N2O/c20-18-10-9-16-7-4-8-19(12-17(16)11-18)21(14-22)13-15-5-2-1-3-6-15/h1-3,5-6,9-11,14,19H,4,7-8,12-13,20H2. The molecule has 1 unspecified atom stereocenters. The van der Waals surface area contributed by atoms with Crippen molar-refractivity contribution in [1.82, 2.24) is 4.90 Å². The van der Waals surface area contributed by atoms with Crippen LogP contribution in [-0.4, -0.2) is 17.4 Å². The number of carbonyl (C=O) groups excluding carboxylic acids is 1. The van der Waals surface area contributed by atoms with Crippen LogP contribution in [0, 0.1) is 0 Å². The van der Waals surface area contributed by atoms with Crippen LogP contribution in [0.2, 0.25) is 0 Å². The molecular formula is C19H22N2O. The molecule has 1 atom stereocenters. The van der Waals surface area contributed by atoms with E-state index in [0.717, 1.165) is 37.8 Å². The van der Waals surface area contributed by atoms with Crippen LogP contribution in [0.15, 0.2) is 48.5 Å². The summed E-state index contributed by atoms with van der Waals surface area (Å²) in [5.74, 6) is 0. The quantitative estimate of drug-likeness (QED) is 0.535. The fraction of sp³-hybridized carbons (Fsp3) is 0.316. The van der Waals surface area contributed by atoms with Gasteiger partial charge in [0.2, 0.25) is 6.41 Å². The number of hydrogen-bond donors (Lipinski definition) is 1. The number of nitrogen functional groups attached to an aromatic ring is 1. The van der Waals surface area contributed by atoms with E-state index in [9.17, 15) is 4.79 Å². The number of aryl methyl sites for hydroxylation is 1. The molecule has 0 fully saturated rings. The summed E-state index contributed by atoms with van der Waals surface area (Å²) in [5, 5.41) is 0. The molecule has 2 aromatic carbocycles. The second-order valence-electron chi connectivity index (χ2n) is 6.04. The Labute approximate surface area is 131 Å². The number of nitrogens with zero attached hydrogens (tertiary/aromatic N) is 1. The number of fused-ring (bicyclic) bond motifs is 1. The van der Waals surface area contributed by atoms with E-state index in [2.05, 4.69) is 24.3 Å². The lowest BCUT2D eigenvalue weighted by atomic mass is 10.00. The molecule has 114 valence electrons. The van der Waals surface area contributed by atoms with Crippen LogP contribution in [-0.2, 0) is 24.2 Å². The Kier molecular flexibility index (Phi) is 4.42. The highest BCUT2D eigenvalue weighted by Crippen LogP contribution is 2.25. The SMILES string of the molecule is Nc1ccc2c(c1)CC(N(C=O)Cc1ccccc1)CCC2. The Morgan fingerprint density at radius 2 is 1.95 bits per heavy atom. The summed E-state index contributed by atoms with van der Waals surface area (Å²) >= 11 is 0. The van der Waals surface area contributed by atoms with E-state index in [4.69, 9.17) is 5.73 Å². The predicted molar refractivity (Wildman–Crippen MR) is 89.3 cm³/mol. The van der Waals surface area contributed by atoms with E-state index in [1.165, 1.54) is 16.7 Å².